The van der Waals surface area contributed by atoms with Gasteiger partial charge in [0.1, 0.15) is 0 Å². The zero-order valence-electron chi connectivity index (χ0n) is 16.1. The molecule has 148 valence electrons. The third-order valence-electron chi connectivity index (χ3n) is 5.10. The van der Waals surface area contributed by atoms with Crippen LogP contribution in [0.2, 0.25) is 0 Å². The number of sulfone groups is 1. The molecule has 0 unspecified atom stereocenters. The van der Waals surface area contributed by atoms with Gasteiger partial charge in [-0.2, -0.15) is 0 Å². The Bertz CT molecular complexity index is 626. The van der Waals surface area contributed by atoms with E-state index < -0.39 is 9.84 Å². The molecule has 1 heterocycles. The first-order valence-corrected chi connectivity index (χ1v) is 11.6. The molecule has 0 atom stereocenters. The molecule has 1 saturated heterocycles. The summed E-state index contributed by atoms with van der Waals surface area (Å²) >= 11 is 0. The van der Waals surface area contributed by atoms with Crippen LogP contribution >= 0.6 is 0 Å². The smallest absolute Gasteiger partial charge is 0.178 e. The maximum atomic E-state index is 12.6. The van der Waals surface area contributed by atoms with Gasteiger partial charge in [-0.25, -0.2) is 8.42 Å². The van der Waals surface area contributed by atoms with Crippen molar-refractivity contribution in [2.24, 2.45) is 0 Å². The Morgan fingerprint density at radius 3 is 2.38 bits per heavy atom. The molecule has 1 aromatic rings. The van der Waals surface area contributed by atoms with E-state index in [9.17, 15) is 8.42 Å². The quantitative estimate of drug-likeness (QED) is 0.596. The molecular formula is C20H34N2O3S. The summed E-state index contributed by atoms with van der Waals surface area (Å²) in [4.78, 5) is 4.91. The van der Waals surface area contributed by atoms with Crippen molar-refractivity contribution in [1.82, 2.24) is 4.90 Å². The highest BCUT2D eigenvalue weighted by Gasteiger charge is 2.19. The lowest BCUT2D eigenvalue weighted by Gasteiger charge is -2.35. The van der Waals surface area contributed by atoms with E-state index in [1.54, 1.807) is 6.07 Å². The number of rotatable bonds is 11. The normalized spacial score (nSPS) is 16.2. The molecule has 1 fully saturated rings. The second-order valence-corrected chi connectivity index (χ2v) is 9.25. The molecule has 0 radical (unpaired) electrons. The molecule has 6 heteroatoms. The Labute approximate surface area is 158 Å². The van der Waals surface area contributed by atoms with Gasteiger partial charge in [0, 0.05) is 38.4 Å². The molecule has 0 aliphatic carbocycles. The maximum absolute atomic E-state index is 12.6. The first-order valence-electron chi connectivity index (χ1n) is 9.98. The van der Waals surface area contributed by atoms with E-state index in [2.05, 4.69) is 16.7 Å². The fourth-order valence-electron chi connectivity index (χ4n) is 3.44. The Hall–Kier alpha value is -1.11. The number of aliphatic hydroxyl groups excluding tert-OH is 1. The van der Waals surface area contributed by atoms with Gasteiger partial charge in [0.05, 0.1) is 17.3 Å². The molecule has 0 saturated carbocycles. The fourth-order valence-corrected chi connectivity index (χ4v) is 4.84. The van der Waals surface area contributed by atoms with Crippen molar-refractivity contribution in [3.05, 3.63) is 24.3 Å². The number of hydrogen-bond acceptors (Lipinski definition) is 5. The minimum Gasteiger partial charge on any atom is -0.395 e. The minimum atomic E-state index is -3.20. The van der Waals surface area contributed by atoms with Crippen LogP contribution in [-0.4, -0.2) is 63.5 Å². The van der Waals surface area contributed by atoms with E-state index in [0.717, 1.165) is 51.1 Å². The fraction of sp³-hybridized carbons (Fsp3) is 0.700. The number of anilines is 1. The molecule has 26 heavy (non-hydrogen) atoms. The number of hydrogen-bond donors (Lipinski definition) is 1. The van der Waals surface area contributed by atoms with Crippen LogP contribution in [0.3, 0.4) is 0 Å². The first-order chi connectivity index (χ1) is 12.6. The van der Waals surface area contributed by atoms with Gasteiger partial charge in [-0.15, -0.1) is 0 Å². The molecule has 1 aliphatic rings. The van der Waals surface area contributed by atoms with Crippen molar-refractivity contribution in [2.45, 2.75) is 50.3 Å². The number of benzene rings is 1. The molecule has 0 spiro atoms. The molecule has 2 rings (SSSR count). The average molecular weight is 383 g/mol. The van der Waals surface area contributed by atoms with Crippen LogP contribution in [0.25, 0.3) is 0 Å². The highest BCUT2D eigenvalue weighted by atomic mass is 32.2. The van der Waals surface area contributed by atoms with Gasteiger partial charge in [-0.1, -0.05) is 45.1 Å². The Morgan fingerprint density at radius 1 is 1.00 bits per heavy atom. The minimum absolute atomic E-state index is 0.187. The van der Waals surface area contributed by atoms with Crippen LogP contribution in [0.15, 0.2) is 29.2 Å². The second kappa shape index (κ2) is 10.9. The Morgan fingerprint density at radius 2 is 1.69 bits per heavy atom. The van der Waals surface area contributed by atoms with E-state index in [-0.39, 0.29) is 12.4 Å². The molecule has 5 nitrogen and oxygen atoms in total. The van der Waals surface area contributed by atoms with Crippen LogP contribution < -0.4 is 4.90 Å². The third-order valence-corrected chi connectivity index (χ3v) is 6.90. The van der Waals surface area contributed by atoms with E-state index in [1.165, 1.54) is 19.3 Å². The van der Waals surface area contributed by atoms with E-state index >= 15 is 0 Å². The van der Waals surface area contributed by atoms with Crippen LogP contribution in [0.5, 0.6) is 0 Å². The van der Waals surface area contributed by atoms with E-state index in [4.69, 9.17) is 5.11 Å². The van der Waals surface area contributed by atoms with E-state index in [0.29, 0.717) is 11.4 Å². The lowest BCUT2D eigenvalue weighted by atomic mass is 10.1. The van der Waals surface area contributed by atoms with Crippen molar-refractivity contribution < 1.29 is 13.5 Å². The molecule has 1 aliphatic heterocycles. The molecule has 1 N–H and O–H groups in total. The zero-order valence-corrected chi connectivity index (χ0v) is 16.9. The molecular weight excluding hydrogens is 348 g/mol. The highest BCUT2D eigenvalue weighted by Crippen LogP contribution is 2.22. The molecule has 0 amide bonds. The van der Waals surface area contributed by atoms with E-state index in [1.807, 2.05) is 18.2 Å². The Kier molecular flexibility index (Phi) is 8.88. The van der Waals surface area contributed by atoms with Crippen LogP contribution in [-0.2, 0) is 9.84 Å². The van der Waals surface area contributed by atoms with Gasteiger partial charge < -0.3 is 10.0 Å². The first kappa shape index (κ1) is 21.2. The summed E-state index contributed by atoms with van der Waals surface area (Å²) in [6.45, 7) is 6.60. The third kappa shape index (κ3) is 6.56. The topological polar surface area (TPSA) is 60.9 Å². The summed E-state index contributed by atoms with van der Waals surface area (Å²) in [5, 5.41) is 9.04. The van der Waals surface area contributed by atoms with Crippen molar-refractivity contribution in [3.63, 3.8) is 0 Å². The summed E-state index contributed by atoms with van der Waals surface area (Å²) in [7, 11) is -3.20. The second-order valence-electron chi connectivity index (χ2n) is 7.14. The number of β-amino-alcohol motifs (C(OH)–C–C–N with tert-alkyl or cyclic N) is 1. The molecule has 1 aromatic carbocycles. The largest absolute Gasteiger partial charge is 0.395 e. The molecule has 0 bridgehead atoms. The van der Waals surface area contributed by atoms with Gasteiger partial charge in [0.2, 0.25) is 0 Å². The SMILES string of the molecule is CCCCCCCCS(=O)(=O)c1cccc(N2CCN(CCO)CC2)c1. The van der Waals surface area contributed by atoms with Gasteiger partial charge >= 0.3 is 0 Å². The van der Waals surface area contributed by atoms with Gasteiger partial charge in [0.15, 0.2) is 9.84 Å². The Balaban J connectivity index is 1.89. The van der Waals surface area contributed by atoms with Crippen molar-refractivity contribution >= 4 is 15.5 Å². The summed E-state index contributed by atoms with van der Waals surface area (Å²) < 4.78 is 25.3. The number of piperazine rings is 1. The summed E-state index contributed by atoms with van der Waals surface area (Å²) in [6.07, 6.45) is 6.51. The predicted octanol–water partition coefficient (Wildman–Crippen LogP) is 2.94. The average Bonchev–Trinajstić information content (AvgIpc) is 2.65. The van der Waals surface area contributed by atoms with Crippen molar-refractivity contribution in [2.75, 3.05) is 50.0 Å². The molecule has 0 aromatic heterocycles. The van der Waals surface area contributed by atoms with Crippen LogP contribution in [0, 0.1) is 0 Å². The lowest BCUT2D eigenvalue weighted by molar-refractivity contribution is 0.189. The van der Waals surface area contributed by atoms with Crippen LogP contribution in [0.1, 0.15) is 45.4 Å². The monoisotopic (exact) mass is 382 g/mol. The van der Waals surface area contributed by atoms with Crippen molar-refractivity contribution in [3.8, 4) is 0 Å². The zero-order chi connectivity index (χ0) is 18.8. The lowest BCUT2D eigenvalue weighted by Crippen LogP contribution is -2.47. The number of nitrogens with zero attached hydrogens (tertiary/aromatic N) is 2. The summed E-state index contributed by atoms with van der Waals surface area (Å²) in [5.41, 5.74) is 0.984. The number of unbranched alkanes of at least 4 members (excludes halogenated alkanes) is 5. The summed E-state index contributed by atoms with van der Waals surface area (Å²) in [6, 6.07) is 7.39. The maximum Gasteiger partial charge on any atom is 0.178 e. The summed E-state index contributed by atoms with van der Waals surface area (Å²) in [5.74, 6) is 0.243. The van der Waals surface area contributed by atoms with Crippen LogP contribution in [0.4, 0.5) is 5.69 Å². The highest BCUT2D eigenvalue weighted by molar-refractivity contribution is 7.91. The predicted molar refractivity (Wildman–Crippen MR) is 108 cm³/mol. The number of aliphatic hydroxyl groups is 1. The van der Waals surface area contributed by atoms with Gasteiger partial charge in [-0.05, 0) is 24.6 Å². The van der Waals surface area contributed by atoms with Crippen molar-refractivity contribution in [1.29, 1.82) is 0 Å². The van der Waals surface area contributed by atoms with Gasteiger partial charge in [-0.3, -0.25) is 4.90 Å². The standard InChI is InChI=1S/C20H34N2O3S/c1-2-3-4-5-6-7-17-26(24,25)20-10-8-9-19(18-20)22-13-11-21(12-14-22)15-16-23/h8-10,18,23H,2-7,11-17H2,1H3. The van der Waals surface area contributed by atoms with Gasteiger partial charge in [0.25, 0.3) is 0 Å².